The number of sulfonamides is 2. The van der Waals surface area contributed by atoms with Gasteiger partial charge in [-0.2, -0.15) is 5.10 Å². The molecule has 0 bridgehead atoms. The second kappa shape index (κ2) is 9.26. The molecule has 194 valence electrons. The van der Waals surface area contributed by atoms with Crippen LogP contribution in [0.4, 0.5) is 5.69 Å². The molecule has 0 spiro atoms. The maximum Gasteiger partial charge on any atom is 0.269 e. The Morgan fingerprint density at radius 2 is 1.47 bits per heavy atom. The van der Waals surface area contributed by atoms with Crippen molar-refractivity contribution in [3.05, 3.63) is 88.5 Å². The van der Waals surface area contributed by atoms with Crippen LogP contribution in [0.2, 0.25) is 10.0 Å². The average molecular weight is 590 g/mol. The van der Waals surface area contributed by atoms with Crippen LogP contribution in [0.3, 0.4) is 0 Å². The number of benzene rings is 4. The molecule has 5 aromatic rings. The highest BCUT2D eigenvalue weighted by molar-refractivity contribution is 7.92. The molecule has 0 aliphatic heterocycles. The third kappa shape index (κ3) is 4.68. The summed E-state index contributed by atoms with van der Waals surface area (Å²) >= 11 is 11.9. The Bertz CT molecular complexity index is 1990. The Labute approximate surface area is 226 Å². The quantitative estimate of drug-likeness (QED) is 0.270. The number of anilines is 1. The topological polar surface area (TPSA) is 167 Å². The summed E-state index contributed by atoms with van der Waals surface area (Å²) in [6.45, 7) is 0. The molecule has 14 heteroatoms. The van der Waals surface area contributed by atoms with Crippen molar-refractivity contribution in [3.63, 3.8) is 0 Å². The minimum absolute atomic E-state index is 0.0146. The fourth-order valence-corrected chi connectivity index (χ4v) is 5.95. The van der Waals surface area contributed by atoms with Gasteiger partial charge in [0.15, 0.2) is 5.69 Å². The van der Waals surface area contributed by atoms with Gasteiger partial charge in [-0.3, -0.25) is 9.52 Å². The predicted molar refractivity (Wildman–Crippen MR) is 146 cm³/mol. The number of fused-ring (bicyclic) bond motifs is 3. The van der Waals surface area contributed by atoms with Crippen LogP contribution in [0, 0.1) is 0 Å². The molecular weight excluding hydrogens is 573 g/mol. The summed E-state index contributed by atoms with van der Waals surface area (Å²) in [7, 11) is -7.94. The molecule has 1 aromatic heterocycles. The number of halogens is 2. The third-order valence-electron chi connectivity index (χ3n) is 5.76. The summed E-state index contributed by atoms with van der Waals surface area (Å²) in [6, 6.07) is 17.8. The van der Waals surface area contributed by atoms with Crippen LogP contribution in [-0.4, -0.2) is 32.5 Å². The van der Waals surface area contributed by atoms with E-state index in [1.54, 1.807) is 30.3 Å². The van der Waals surface area contributed by atoms with Crippen molar-refractivity contribution in [3.8, 4) is 5.69 Å². The van der Waals surface area contributed by atoms with Crippen molar-refractivity contribution in [2.75, 3.05) is 4.72 Å². The summed E-state index contributed by atoms with van der Waals surface area (Å²) in [4.78, 5) is 12.0. The van der Waals surface area contributed by atoms with Crippen molar-refractivity contribution in [1.82, 2.24) is 9.78 Å². The van der Waals surface area contributed by atoms with Crippen molar-refractivity contribution >= 4 is 76.5 Å². The third-order valence-corrected chi connectivity index (χ3v) is 8.80. The first kappa shape index (κ1) is 25.9. The largest absolute Gasteiger partial charge is 0.364 e. The van der Waals surface area contributed by atoms with E-state index in [-0.39, 0.29) is 31.2 Å². The Hall–Kier alpha value is -3.68. The fourth-order valence-electron chi connectivity index (χ4n) is 3.99. The van der Waals surface area contributed by atoms with E-state index in [9.17, 15) is 21.6 Å². The molecule has 10 nitrogen and oxygen atoms in total. The summed E-state index contributed by atoms with van der Waals surface area (Å²) < 4.78 is 53.3. The standard InChI is InChI=1S/C24H17Cl2N5O5S2/c25-20-10-8-17(12-21(20)26)38(35,36)30-14-3-1-13-2-9-18-22(24(27)32)29-31(23(18)19(13)11-14)15-4-6-16(7-5-15)37(28,33)34/h1-12,30H,(H2,27,32)(H2,28,33,34). The van der Waals surface area contributed by atoms with Crippen LogP contribution in [0.25, 0.3) is 27.4 Å². The Morgan fingerprint density at radius 3 is 2.11 bits per heavy atom. The van der Waals surface area contributed by atoms with Gasteiger partial charge in [-0.1, -0.05) is 35.3 Å². The van der Waals surface area contributed by atoms with Crippen LogP contribution in [0.5, 0.6) is 0 Å². The van der Waals surface area contributed by atoms with Gasteiger partial charge in [0.05, 0.1) is 31.0 Å². The molecule has 0 fully saturated rings. The van der Waals surface area contributed by atoms with Gasteiger partial charge in [0.2, 0.25) is 10.0 Å². The highest BCUT2D eigenvalue weighted by atomic mass is 35.5. The monoisotopic (exact) mass is 589 g/mol. The number of nitrogens with zero attached hydrogens (tertiary/aromatic N) is 2. The fraction of sp³-hybridized carbons (Fsp3) is 0. The van der Waals surface area contributed by atoms with E-state index in [2.05, 4.69) is 9.82 Å². The lowest BCUT2D eigenvalue weighted by atomic mass is 10.0. The molecule has 1 amide bonds. The van der Waals surface area contributed by atoms with Gasteiger partial charge < -0.3 is 5.73 Å². The zero-order valence-electron chi connectivity index (χ0n) is 19.1. The van der Waals surface area contributed by atoms with Crippen molar-refractivity contribution in [2.24, 2.45) is 10.9 Å². The highest BCUT2D eigenvalue weighted by Crippen LogP contribution is 2.33. The Morgan fingerprint density at radius 1 is 0.816 bits per heavy atom. The predicted octanol–water partition coefficient (Wildman–Crippen LogP) is 4.03. The molecule has 0 radical (unpaired) electrons. The summed E-state index contributed by atoms with van der Waals surface area (Å²) in [5.41, 5.74) is 6.66. The van der Waals surface area contributed by atoms with E-state index >= 15 is 0 Å². The minimum atomic E-state index is -4.02. The van der Waals surface area contributed by atoms with Crippen molar-refractivity contribution in [2.45, 2.75) is 9.79 Å². The molecular formula is C24H17Cl2N5O5S2. The van der Waals surface area contributed by atoms with E-state index in [1.807, 2.05) is 0 Å². The first-order chi connectivity index (χ1) is 17.8. The molecule has 0 atom stereocenters. The number of amides is 1. The molecule has 0 saturated heterocycles. The number of aromatic nitrogens is 2. The average Bonchev–Trinajstić information content (AvgIpc) is 3.25. The molecule has 4 aromatic carbocycles. The maximum absolute atomic E-state index is 13.0. The SMILES string of the molecule is NC(=O)c1nn(-c2ccc(S(N)(=O)=O)cc2)c2c1ccc1ccc(NS(=O)(=O)c3ccc(Cl)c(Cl)c3)cc12. The second-order valence-electron chi connectivity index (χ2n) is 8.24. The number of nitrogens with one attached hydrogen (secondary N) is 1. The zero-order valence-corrected chi connectivity index (χ0v) is 22.2. The van der Waals surface area contributed by atoms with Gasteiger partial charge in [0.25, 0.3) is 15.9 Å². The van der Waals surface area contributed by atoms with Crippen LogP contribution in [0.15, 0.2) is 82.6 Å². The summed E-state index contributed by atoms with van der Waals surface area (Å²) in [5.74, 6) is -0.772. The van der Waals surface area contributed by atoms with Gasteiger partial charge in [0, 0.05) is 16.5 Å². The second-order valence-corrected chi connectivity index (χ2v) is 12.3. The summed E-state index contributed by atoms with van der Waals surface area (Å²) in [5, 5.41) is 11.6. The molecule has 5 N–H and O–H groups in total. The van der Waals surface area contributed by atoms with E-state index in [4.69, 9.17) is 34.1 Å². The Balaban J connectivity index is 1.69. The lowest BCUT2D eigenvalue weighted by Crippen LogP contribution is -2.13. The molecule has 5 rings (SSSR count). The molecule has 0 aliphatic carbocycles. The Kier molecular flexibility index (Phi) is 6.32. The molecule has 0 saturated carbocycles. The number of carbonyl (C=O) groups excluding carboxylic acids is 1. The van der Waals surface area contributed by atoms with Gasteiger partial charge in [-0.25, -0.2) is 26.7 Å². The van der Waals surface area contributed by atoms with E-state index in [1.165, 1.54) is 47.1 Å². The molecule has 0 unspecified atom stereocenters. The first-order valence-electron chi connectivity index (χ1n) is 10.7. The lowest BCUT2D eigenvalue weighted by Gasteiger charge is -2.11. The van der Waals surface area contributed by atoms with E-state index in [0.29, 0.717) is 27.4 Å². The van der Waals surface area contributed by atoms with E-state index in [0.717, 1.165) is 0 Å². The number of carbonyl (C=O) groups is 1. The normalized spacial score (nSPS) is 12.2. The molecule has 1 heterocycles. The zero-order chi connectivity index (χ0) is 27.4. The first-order valence-corrected chi connectivity index (χ1v) is 14.5. The highest BCUT2D eigenvalue weighted by Gasteiger charge is 2.20. The van der Waals surface area contributed by atoms with Crippen LogP contribution in [-0.2, 0) is 20.0 Å². The van der Waals surface area contributed by atoms with Crippen LogP contribution in [0.1, 0.15) is 10.5 Å². The lowest BCUT2D eigenvalue weighted by molar-refractivity contribution is 0.0996. The van der Waals surface area contributed by atoms with Crippen LogP contribution < -0.4 is 15.6 Å². The number of rotatable bonds is 6. The van der Waals surface area contributed by atoms with Gasteiger partial charge in [-0.15, -0.1) is 0 Å². The minimum Gasteiger partial charge on any atom is -0.364 e. The van der Waals surface area contributed by atoms with Crippen molar-refractivity contribution < 1.29 is 21.6 Å². The van der Waals surface area contributed by atoms with Gasteiger partial charge >= 0.3 is 0 Å². The number of nitrogens with two attached hydrogens (primary N) is 2. The smallest absolute Gasteiger partial charge is 0.269 e. The number of primary sulfonamides is 1. The summed E-state index contributed by atoms with van der Waals surface area (Å²) in [6.07, 6.45) is 0. The number of hydrogen-bond acceptors (Lipinski definition) is 6. The van der Waals surface area contributed by atoms with Gasteiger partial charge in [-0.05, 0) is 66.0 Å². The van der Waals surface area contributed by atoms with Crippen LogP contribution >= 0.6 is 23.2 Å². The van der Waals surface area contributed by atoms with Gasteiger partial charge in [0.1, 0.15) is 0 Å². The number of primary amides is 1. The molecule has 0 aliphatic rings. The maximum atomic E-state index is 13.0. The molecule has 38 heavy (non-hydrogen) atoms. The van der Waals surface area contributed by atoms with E-state index < -0.39 is 26.0 Å². The number of hydrogen-bond donors (Lipinski definition) is 3. The van der Waals surface area contributed by atoms with Crippen molar-refractivity contribution in [1.29, 1.82) is 0 Å².